The van der Waals surface area contributed by atoms with Crippen LogP contribution >= 0.6 is 7.82 Å². The van der Waals surface area contributed by atoms with Gasteiger partial charge in [-0.05, 0) is 13.8 Å². The predicted octanol–water partition coefficient (Wildman–Crippen LogP) is 1.92. The number of carbonyl (C=O) groups excluding carboxylic acids is 2. The molecule has 0 aliphatic heterocycles. The summed E-state index contributed by atoms with van der Waals surface area (Å²) in [6.45, 7) is 8.99. The van der Waals surface area contributed by atoms with Crippen molar-refractivity contribution in [1.29, 1.82) is 0 Å². The molecule has 0 amide bonds. The van der Waals surface area contributed by atoms with E-state index in [-0.39, 0.29) is 0 Å². The number of ether oxygens (including phenoxy) is 2. The second kappa shape index (κ2) is 8.65. The maximum atomic E-state index is 12.0. The van der Waals surface area contributed by atoms with Crippen LogP contribution in [0.2, 0.25) is 0 Å². The zero-order chi connectivity index (χ0) is 15.8. The fraction of sp³-hybridized carbons (Fsp3) is 0.455. The van der Waals surface area contributed by atoms with Gasteiger partial charge in [-0.2, -0.15) is 0 Å². The van der Waals surface area contributed by atoms with Gasteiger partial charge in [0, 0.05) is 19.3 Å². The third-order valence-corrected chi connectivity index (χ3v) is 3.23. The van der Waals surface area contributed by atoms with Crippen molar-refractivity contribution < 1.29 is 37.2 Å². The van der Waals surface area contributed by atoms with Gasteiger partial charge in [0.25, 0.3) is 0 Å². The predicted molar refractivity (Wildman–Crippen MR) is 68.3 cm³/mol. The molecule has 0 aromatic rings. The van der Waals surface area contributed by atoms with E-state index in [0.29, 0.717) is 0 Å². The highest BCUT2D eigenvalue weighted by Gasteiger charge is 2.32. The van der Waals surface area contributed by atoms with Gasteiger partial charge < -0.3 is 9.47 Å². The van der Waals surface area contributed by atoms with Crippen LogP contribution in [0.15, 0.2) is 25.3 Å². The molecule has 0 aliphatic carbocycles. The number of carbonyl (C=O) groups is 2. The SMILES string of the molecule is C=CC(=O)OC(C)OP(=O)(OC)OC(C)OC(=O)C=C. The Kier molecular flexibility index (Phi) is 8.02. The highest BCUT2D eigenvalue weighted by molar-refractivity contribution is 7.48. The van der Waals surface area contributed by atoms with Crippen molar-refractivity contribution in [2.24, 2.45) is 0 Å². The zero-order valence-corrected chi connectivity index (χ0v) is 12.3. The van der Waals surface area contributed by atoms with Gasteiger partial charge in [-0.3, -0.25) is 4.52 Å². The molecule has 0 heterocycles. The molecule has 0 aromatic heterocycles. The van der Waals surface area contributed by atoms with Crippen molar-refractivity contribution >= 4 is 19.8 Å². The first-order valence-corrected chi connectivity index (χ1v) is 6.91. The second-order valence-electron chi connectivity index (χ2n) is 3.26. The van der Waals surface area contributed by atoms with Crippen LogP contribution < -0.4 is 0 Å². The Morgan fingerprint density at radius 2 is 1.35 bits per heavy atom. The summed E-state index contributed by atoms with van der Waals surface area (Å²) in [4.78, 5) is 21.9. The van der Waals surface area contributed by atoms with Crippen molar-refractivity contribution in [3.63, 3.8) is 0 Å². The van der Waals surface area contributed by atoms with Crippen LogP contribution in [0.25, 0.3) is 0 Å². The Labute approximate surface area is 116 Å². The van der Waals surface area contributed by atoms with Crippen molar-refractivity contribution in [2.45, 2.75) is 26.4 Å². The van der Waals surface area contributed by atoms with Crippen LogP contribution in [-0.2, 0) is 37.2 Å². The molecule has 0 aliphatic rings. The summed E-state index contributed by atoms with van der Waals surface area (Å²) < 4.78 is 35.6. The Balaban J connectivity index is 4.56. The lowest BCUT2D eigenvalue weighted by atomic mass is 10.6. The standard InChI is InChI=1S/C11H17O8P/c1-6-10(12)16-8(3)18-20(14,15-5)19-9(4)17-11(13)7-2/h6-9H,1-2H2,3-5H3. The first kappa shape index (κ1) is 18.5. The molecule has 0 aromatic carbocycles. The second-order valence-corrected chi connectivity index (χ2v) is 4.94. The van der Waals surface area contributed by atoms with E-state index in [2.05, 4.69) is 27.2 Å². The average molecular weight is 308 g/mol. The minimum absolute atomic E-state index is 0.772. The van der Waals surface area contributed by atoms with E-state index in [4.69, 9.17) is 9.05 Å². The maximum absolute atomic E-state index is 12.0. The van der Waals surface area contributed by atoms with Crippen LogP contribution in [0, 0.1) is 0 Å². The molecule has 0 saturated heterocycles. The van der Waals surface area contributed by atoms with Gasteiger partial charge in [0.15, 0.2) is 0 Å². The molecule has 0 spiro atoms. The molecule has 9 heteroatoms. The van der Waals surface area contributed by atoms with Gasteiger partial charge in [-0.25, -0.2) is 23.2 Å². The van der Waals surface area contributed by atoms with Gasteiger partial charge in [0.2, 0.25) is 12.6 Å². The van der Waals surface area contributed by atoms with Crippen molar-refractivity contribution in [2.75, 3.05) is 7.11 Å². The third-order valence-electron chi connectivity index (χ3n) is 1.68. The first-order chi connectivity index (χ1) is 9.26. The third kappa shape index (κ3) is 7.20. The zero-order valence-electron chi connectivity index (χ0n) is 11.4. The first-order valence-electron chi connectivity index (χ1n) is 5.45. The fourth-order valence-corrected chi connectivity index (χ4v) is 1.98. The number of phosphoric ester groups is 1. The Hall–Kier alpha value is -1.47. The molecule has 0 radical (unpaired) electrons. The number of esters is 2. The molecule has 114 valence electrons. The van der Waals surface area contributed by atoms with Crippen molar-refractivity contribution in [1.82, 2.24) is 0 Å². The highest BCUT2D eigenvalue weighted by Crippen LogP contribution is 2.51. The summed E-state index contributed by atoms with van der Waals surface area (Å²) in [6.07, 6.45) is -0.609. The smallest absolute Gasteiger partial charge is 0.432 e. The number of phosphoric acid groups is 1. The number of hydrogen-bond donors (Lipinski definition) is 0. The molecule has 0 rings (SSSR count). The Morgan fingerprint density at radius 3 is 1.60 bits per heavy atom. The molecule has 2 unspecified atom stereocenters. The van der Waals surface area contributed by atoms with E-state index >= 15 is 0 Å². The van der Waals surface area contributed by atoms with Crippen molar-refractivity contribution in [3.05, 3.63) is 25.3 Å². The van der Waals surface area contributed by atoms with Gasteiger partial charge >= 0.3 is 19.8 Å². The van der Waals surface area contributed by atoms with Gasteiger partial charge in [-0.1, -0.05) is 13.2 Å². The monoisotopic (exact) mass is 308 g/mol. The van der Waals surface area contributed by atoms with Crippen LogP contribution in [0.4, 0.5) is 0 Å². The lowest BCUT2D eigenvalue weighted by Crippen LogP contribution is -2.20. The Morgan fingerprint density at radius 1 is 1.00 bits per heavy atom. The molecular weight excluding hydrogens is 291 g/mol. The summed E-state index contributed by atoms with van der Waals surface area (Å²) >= 11 is 0. The molecule has 0 saturated carbocycles. The lowest BCUT2D eigenvalue weighted by Gasteiger charge is -2.22. The normalized spacial score (nSPS) is 16.4. The van der Waals surface area contributed by atoms with E-state index in [9.17, 15) is 14.2 Å². The highest BCUT2D eigenvalue weighted by atomic mass is 31.2. The molecular formula is C11H17O8P. The van der Waals surface area contributed by atoms with E-state index < -0.39 is 32.3 Å². The van der Waals surface area contributed by atoms with Gasteiger partial charge in [0.05, 0.1) is 0 Å². The molecule has 8 nitrogen and oxygen atoms in total. The molecule has 0 N–H and O–H groups in total. The maximum Gasteiger partial charge on any atom is 0.480 e. The van der Waals surface area contributed by atoms with Crippen LogP contribution in [0.5, 0.6) is 0 Å². The topological polar surface area (TPSA) is 97.4 Å². The van der Waals surface area contributed by atoms with Gasteiger partial charge in [-0.15, -0.1) is 0 Å². The number of hydrogen-bond acceptors (Lipinski definition) is 8. The van der Waals surface area contributed by atoms with E-state index in [0.717, 1.165) is 19.3 Å². The molecule has 0 fully saturated rings. The minimum atomic E-state index is -4.07. The average Bonchev–Trinajstić information content (AvgIpc) is 2.37. The van der Waals surface area contributed by atoms with E-state index in [1.807, 2.05) is 0 Å². The summed E-state index contributed by atoms with van der Waals surface area (Å²) in [5, 5.41) is 0. The summed E-state index contributed by atoms with van der Waals surface area (Å²) in [6, 6.07) is 0. The van der Waals surface area contributed by atoms with E-state index in [1.54, 1.807) is 0 Å². The number of rotatable bonds is 9. The fourth-order valence-electron chi connectivity index (χ4n) is 0.941. The minimum Gasteiger partial charge on any atom is -0.432 e. The lowest BCUT2D eigenvalue weighted by molar-refractivity contribution is -0.164. The van der Waals surface area contributed by atoms with Gasteiger partial charge in [0.1, 0.15) is 0 Å². The molecule has 2 atom stereocenters. The summed E-state index contributed by atoms with van der Waals surface area (Å²) in [7, 11) is -3.01. The molecule has 0 bridgehead atoms. The molecule has 20 heavy (non-hydrogen) atoms. The van der Waals surface area contributed by atoms with Crippen LogP contribution in [0.1, 0.15) is 13.8 Å². The van der Waals surface area contributed by atoms with Crippen LogP contribution in [0.3, 0.4) is 0 Å². The Bertz CT molecular complexity index is 385. The largest absolute Gasteiger partial charge is 0.480 e. The summed E-state index contributed by atoms with van der Waals surface area (Å²) in [5.41, 5.74) is 0. The summed E-state index contributed by atoms with van der Waals surface area (Å²) in [5.74, 6) is -1.54. The van der Waals surface area contributed by atoms with Crippen LogP contribution in [-0.4, -0.2) is 31.6 Å². The quantitative estimate of drug-likeness (QED) is 0.276. The van der Waals surface area contributed by atoms with Crippen molar-refractivity contribution in [3.8, 4) is 0 Å². The van der Waals surface area contributed by atoms with E-state index in [1.165, 1.54) is 13.8 Å².